The van der Waals surface area contributed by atoms with E-state index in [4.69, 9.17) is 20.8 Å². The Bertz CT molecular complexity index is 422. The maximum absolute atomic E-state index is 5.61. The van der Waals surface area contributed by atoms with Gasteiger partial charge in [-0.05, 0) is 35.9 Å². The van der Waals surface area contributed by atoms with Gasteiger partial charge in [0.1, 0.15) is 5.75 Å². The van der Waals surface area contributed by atoms with Crippen molar-refractivity contribution in [1.82, 2.24) is 4.98 Å². The van der Waals surface area contributed by atoms with Crippen molar-refractivity contribution in [2.45, 2.75) is 0 Å². The highest BCUT2D eigenvalue weighted by Crippen LogP contribution is 2.23. The number of hydrogen-bond acceptors (Lipinski definition) is 3. The van der Waals surface area contributed by atoms with Crippen LogP contribution < -0.4 is 4.74 Å². The van der Waals surface area contributed by atoms with Gasteiger partial charge in [0.15, 0.2) is 0 Å². The van der Waals surface area contributed by atoms with Gasteiger partial charge >= 0.3 is 0 Å². The number of hydrogen-bond donors (Lipinski definition) is 0. The highest BCUT2D eigenvalue weighted by Gasteiger charge is 2.04. The average molecular weight is 210 g/mol. The summed E-state index contributed by atoms with van der Waals surface area (Å²) in [6, 6.07) is 7.41. The first-order chi connectivity index (χ1) is 6.79. The summed E-state index contributed by atoms with van der Waals surface area (Å²) < 4.78 is 10.2. The minimum atomic E-state index is 0.288. The zero-order valence-corrected chi connectivity index (χ0v) is 8.28. The van der Waals surface area contributed by atoms with Gasteiger partial charge in [-0.2, -0.15) is 0 Å². The normalized spacial score (nSPS) is 10.1. The van der Waals surface area contributed by atoms with Crippen LogP contribution in [-0.2, 0) is 0 Å². The van der Waals surface area contributed by atoms with Crippen molar-refractivity contribution >= 4 is 11.6 Å². The van der Waals surface area contributed by atoms with Crippen LogP contribution in [0.15, 0.2) is 34.9 Å². The molecule has 1 aromatic carbocycles. The molecule has 2 aromatic rings. The highest BCUT2D eigenvalue weighted by atomic mass is 35.5. The van der Waals surface area contributed by atoms with Crippen LogP contribution in [0.1, 0.15) is 0 Å². The predicted molar refractivity (Wildman–Crippen MR) is 53.5 cm³/mol. The molecule has 0 N–H and O–H groups in total. The lowest BCUT2D eigenvalue weighted by molar-refractivity contribution is 0.415. The molecule has 1 aromatic heterocycles. The number of rotatable bonds is 2. The fourth-order valence-corrected chi connectivity index (χ4v) is 1.24. The fraction of sp³-hybridized carbons (Fsp3) is 0.100. The van der Waals surface area contributed by atoms with E-state index in [2.05, 4.69) is 4.98 Å². The lowest BCUT2D eigenvalue weighted by Crippen LogP contribution is -1.82. The van der Waals surface area contributed by atoms with E-state index in [-0.39, 0.29) is 5.22 Å². The molecule has 0 aliphatic rings. The summed E-state index contributed by atoms with van der Waals surface area (Å²) >= 11 is 5.61. The van der Waals surface area contributed by atoms with Gasteiger partial charge < -0.3 is 9.15 Å². The summed E-state index contributed by atoms with van der Waals surface area (Å²) in [5, 5.41) is 0.288. The topological polar surface area (TPSA) is 35.3 Å². The van der Waals surface area contributed by atoms with Gasteiger partial charge in [0, 0.05) is 5.56 Å². The van der Waals surface area contributed by atoms with Gasteiger partial charge in [-0.3, -0.25) is 0 Å². The number of methoxy groups -OCH3 is 1. The molecule has 0 saturated heterocycles. The third-order valence-electron chi connectivity index (χ3n) is 1.81. The van der Waals surface area contributed by atoms with Gasteiger partial charge in [0.25, 0.3) is 0 Å². The van der Waals surface area contributed by atoms with E-state index in [1.807, 2.05) is 24.3 Å². The van der Waals surface area contributed by atoms with Crippen LogP contribution in [0.4, 0.5) is 0 Å². The second kappa shape index (κ2) is 3.72. The number of benzene rings is 1. The van der Waals surface area contributed by atoms with Crippen LogP contribution in [0.3, 0.4) is 0 Å². The number of nitrogens with zero attached hydrogens (tertiary/aromatic N) is 1. The van der Waals surface area contributed by atoms with Crippen LogP contribution >= 0.6 is 11.6 Å². The quantitative estimate of drug-likeness (QED) is 0.763. The number of halogens is 1. The first kappa shape index (κ1) is 9.09. The molecule has 0 saturated carbocycles. The summed E-state index contributed by atoms with van der Waals surface area (Å²) in [4.78, 5) is 4.00. The summed E-state index contributed by atoms with van der Waals surface area (Å²) in [6.45, 7) is 0. The SMILES string of the molecule is COc1ccc(-c2ncc(Cl)o2)cc1. The third kappa shape index (κ3) is 1.72. The van der Waals surface area contributed by atoms with Crippen LogP contribution in [-0.4, -0.2) is 12.1 Å². The average Bonchev–Trinajstić information content (AvgIpc) is 2.65. The van der Waals surface area contributed by atoms with E-state index in [9.17, 15) is 0 Å². The van der Waals surface area contributed by atoms with Crippen molar-refractivity contribution in [2.24, 2.45) is 0 Å². The molecule has 0 aliphatic heterocycles. The lowest BCUT2D eigenvalue weighted by atomic mass is 10.2. The van der Waals surface area contributed by atoms with E-state index in [1.165, 1.54) is 6.20 Å². The second-order valence-corrected chi connectivity index (χ2v) is 3.07. The molecule has 2 rings (SSSR count). The Morgan fingerprint density at radius 2 is 2.00 bits per heavy atom. The van der Waals surface area contributed by atoms with E-state index in [0.29, 0.717) is 5.89 Å². The molecular formula is C10H8ClNO2. The molecular weight excluding hydrogens is 202 g/mol. The number of oxazole rings is 1. The maximum Gasteiger partial charge on any atom is 0.228 e. The third-order valence-corrected chi connectivity index (χ3v) is 1.99. The summed E-state index contributed by atoms with van der Waals surface area (Å²) in [5.41, 5.74) is 0.873. The van der Waals surface area contributed by atoms with Crippen LogP contribution in [0, 0.1) is 0 Å². The van der Waals surface area contributed by atoms with E-state index >= 15 is 0 Å². The molecule has 0 amide bonds. The van der Waals surface area contributed by atoms with Crippen molar-refractivity contribution in [2.75, 3.05) is 7.11 Å². The first-order valence-corrected chi connectivity index (χ1v) is 4.43. The molecule has 0 unspecified atom stereocenters. The van der Waals surface area contributed by atoms with E-state index in [1.54, 1.807) is 7.11 Å². The first-order valence-electron chi connectivity index (χ1n) is 4.05. The van der Waals surface area contributed by atoms with Crippen molar-refractivity contribution in [3.8, 4) is 17.2 Å². The molecule has 0 atom stereocenters. The predicted octanol–water partition coefficient (Wildman–Crippen LogP) is 3.00. The van der Waals surface area contributed by atoms with E-state index < -0.39 is 0 Å². The molecule has 0 bridgehead atoms. The largest absolute Gasteiger partial charge is 0.497 e. The van der Waals surface area contributed by atoms with Gasteiger partial charge in [-0.1, -0.05) is 0 Å². The Labute approximate surface area is 86.3 Å². The van der Waals surface area contributed by atoms with Crippen molar-refractivity contribution in [3.05, 3.63) is 35.7 Å². The van der Waals surface area contributed by atoms with Crippen LogP contribution in [0.25, 0.3) is 11.5 Å². The summed E-state index contributed by atoms with van der Waals surface area (Å²) in [6.07, 6.45) is 1.47. The monoisotopic (exact) mass is 209 g/mol. The molecule has 4 heteroatoms. The molecule has 0 spiro atoms. The summed E-state index contributed by atoms with van der Waals surface area (Å²) in [7, 11) is 1.62. The molecule has 3 nitrogen and oxygen atoms in total. The van der Waals surface area contributed by atoms with Crippen molar-refractivity contribution in [1.29, 1.82) is 0 Å². The van der Waals surface area contributed by atoms with Gasteiger partial charge in [0.05, 0.1) is 13.3 Å². The number of ether oxygens (including phenoxy) is 1. The van der Waals surface area contributed by atoms with Gasteiger partial charge in [0.2, 0.25) is 11.1 Å². The lowest BCUT2D eigenvalue weighted by Gasteiger charge is -1.99. The Morgan fingerprint density at radius 3 is 2.50 bits per heavy atom. The highest BCUT2D eigenvalue weighted by molar-refractivity contribution is 6.28. The maximum atomic E-state index is 5.61. The van der Waals surface area contributed by atoms with Crippen molar-refractivity contribution < 1.29 is 9.15 Å². The van der Waals surface area contributed by atoms with Gasteiger partial charge in [-0.15, -0.1) is 0 Å². The van der Waals surface area contributed by atoms with Crippen LogP contribution in [0.2, 0.25) is 5.22 Å². The zero-order valence-electron chi connectivity index (χ0n) is 7.53. The molecule has 0 fully saturated rings. The molecule has 14 heavy (non-hydrogen) atoms. The Kier molecular flexibility index (Phi) is 2.41. The molecule has 72 valence electrons. The zero-order chi connectivity index (χ0) is 9.97. The molecule has 0 aliphatic carbocycles. The standard InChI is InChI=1S/C10H8ClNO2/c1-13-8-4-2-7(3-5-8)10-12-6-9(11)14-10/h2-6H,1H3. The Balaban J connectivity index is 2.33. The Hall–Kier alpha value is -1.48. The second-order valence-electron chi connectivity index (χ2n) is 2.70. The molecule has 0 radical (unpaired) electrons. The van der Waals surface area contributed by atoms with Crippen molar-refractivity contribution in [3.63, 3.8) is 0 Å². The number of aromatic nitrogens is 1. The van der Waals surface area contributed by atoms with Gasteiger partial charge in [-0.25, -0.2) is 4.98 Å². The Morgan fingerprint density at radius 1 is 1.29 bits per heavy atom. The minimum Gasteiger partial charge on any atom is -0.497 e. The smallest absolute Gasteiger partial charge is 0.228 e. The van der Waals surface area contributed by atoms with E-state index in [0.717, 1.165) is 11.3 Å². The molecule has 1 heterocycles. The minimum absolute atomic E-state index is 0.288. The summed E-state index contributed by atoms with van der Waals surface area (Å²) in [5.74, 6) is 1.31. The van der Waals surface area contributed by atoms with Crippen LogP contribution in [0.5, 0.6) is 5.75 Å². The fourth-order valence-electron chi connectivity index (χ4n) is 1.12.